The van der Waals surface area contributed by atoms with Gasteiger partial charge in [-0.1, -0.05) is 30.3 Å². The Hall–Kier alpha value is -2.12. The van der Waals surface area contributed by atoms with E-state index in [0.29, 0.717) is 0 Å². The Labute approximate surface area is 135 Å². The number of hydrogen-bond donors (Lipinski definition) is 3. The maximum Gasteiger partial charge on any atom is 0.408 e. The normalized spacial score (nSPS) is 13.9. The number of rotatable bonds is 7. The number of ether oxygens (including phenoxy) is 1. The number of carboxylic acids is 1. The van der Waals surface area contributed by atoms with E-state index in [1.807, 2.05) is 30.3 Å². The van der Waals surface area contributed by atoms with Gasteiger partial charge in [-0.2, -0.15) is 5.48 Å². The summed E-state index contributed by atoms with van der Waals surface area (Å²) in [5, 5.41) is 11.6. The second-order valence-corrected chi connectivity index (χ2v) is 6.14. The van der Waals surface area contributed by atoms with Gasteiger partial charge in [-0.3, -0.25) is 4.84 Å². The second-order valence-electron chi connectivity index (χ2n) is 6.14. The molecule has 0 aliphatic rings. The van der Waals surface area contributed by atoms with Crippen molar-refractivity contribution in [1.29, 1.82) is 0 Å². The van der Waals surface area contributed by atoms with Crippen molar-refractivity contribution in [2.75, 3.05) is 0 Å². The van der Waals surface area contributed by atoms with E-state index in [-0.39, 0.29) is 6.61 Å². The van der Waals surface area contributed by atoms with Crippen LogP contribution in [0.25, 0.3) is 0 Å². The smallest absolute Gasteiger partial charge is 0.408 e. The summed E-state index contributed by atoms with van der Waals surface area (Å²) in [6, 6.07) is 7.60. The van der Waals surface area contributed by atoms with Gasteiger partial charge in [0.2, 0.25) is 0 Å². The lowest BCUT2D eigenvalue weighted by molar-refractivity contribution is -0.141. The molecule has 0 aromatic heterocycles. The van der Waals surface area contributed by atoms with E-state index < -0.39 is 29.7 Å². The zero-order valence-corrected chi connectivity index (χ0v) is 13.8. The Bertz CT molecular complexity index is 513. The number of hydroxylamine groups is 1. The van der Waals surface area contributed by atoms with Crippen molar-refractivity contribution in [3.63, 3.8) is 0 Å². The van der Waals surface area contributed by atoms with Crippen LogP contribution in [0.4, 0.5) is 4.79 Å². The third kappa shape index (κ3) is 7.62. The van der Waals surface area contributed by atoms with E-state index in [0.717, 1.165) is 5.56 Å². The number of carboxylic acid groups (broad SMARTS) is 1. The van der Waals surface area contributed by atoms with Crippen LogP contribution in [0.2, 0.25) is 0 Å². The summed E-state index contributed by atoms with van der Waals surface area (Å²) in [5.41, 5.74) is 2.87. The first-order chi connectivity index (χ1) is 10.7. The maximum absolute atomic E-state index is 11.7. The fraction of sp³-hybridized carbons (Fsp3) is 0.500. The van der Waals surface area contributed by atoms with Gasteiger partial charge in [0.15, 0.2) is 0 Å². The number of carbonyl (C=O) groups excluding carboxylic acids is 1. The maximum atomic E-state index is 11.7. The summed E-state index contributed by atoms with van der Waals surface area (Å²) in [5.74, 6) is -1.18. The molecule has 1 aromatic carbocycles. The van der Waals surface area contributed by atoms with Crippen molar-refractivity contribution in [3.8, 4) is 0 Å². The molecule has 0 aliphatic carbocycles. The van der Waals surface area contributed by atoms with Crippen molar-refractivity contribution in [2.45, 2.75) is 52.0 Å². The van der Waals surface area contributed by atoms with Gasteiger partial charge in [-0.05, 0) is 33.3 Å². The monoisotopic (exact) mass is 324 g/mol. The third-order valence-electron chi connectivity index (χ3n) is 2.79. The number of hydrogen-bond acceptors (Lipinski definition) is 5. The van der Waals surface area contributed by atoms with Crippen LogP contribution in [0, 0.1) is 0 Å². The summed E-state index contributed by atoms with van der Waals surface area (Å²) < 4.78 is 5.06. The first-order valence-electron chi connectivity index (χ1n) is 7.32. The van der Waals surface area contributed by atoms with Crippen LogP contribution in [0.1, 0.15) is 33.3 Å². The molecular weight excluding hydrogens is 300 g/mol. The van der Waals surface area contributed by atoms with Crippen LogP contribution < -0.4 is 10.8 Å². The number of amides is 1. The van der Waals surface area contributed by atoms with Crippen molar-refractivity contribution >= 4 is 12.1 Å². The summed E-state index contributed by atoms with van der Waals surface area (Å²) in [4.78, 5) is 28.3. The van der Waals surface area contributed by atoms with E-state index in [4.69, 9.17) is 9.57 Å². The summed E-state index contributed by atoms with van der Waals surface area (Å²) in [6.45, 7) is 6.98. The molecule has 0 saturated carbocycles. The fourth-order valence-corrected chi connectivity index (χ4v) is 1.73. The summed E-state index contributed by atoms with van der Waals surface area (Å²) in [6.07, 6.45) is -0.790. The SMILES string of the molecule is CC(NOCc1ccccc1)C(NC(=O)OC(C)(C)C)C(=O)O. The molecule has 2 atom stereocenters. The Kier molecular flexibility index (Phi) is 6.99. The average Bonchev–Trinajstić information content (AvgIpc) is 2.43. The van der Waals surface area contributed by atoms with Crippen molar-refractivity contribution in [2.24, 2.45) is 0 Å². The quantitative estimate of drug-likeness (QED) is 0.664. The first kappa shape index (κ1) is 18.9. The molecule has 0 heterocycles. The van der Waals surface area contributed by atoms with Crippen molar-refractivity contribution in [1.82, 2.24) is 10.8 Å². The lowest BCUT2D eigenvalue weighted by atomic mass is 10.1. The molecule has 3 N–H and O–H groups in total. The topological polar surface area (TPSA) is 96.9 Å². The molecule has 7 heteroatoms. The molecule has 0 bridgehead atoms. The Morgan fingerprint density at radius 1 is 1.22 bits per heavy atom. The molecule has 0 fully saturated rings. The molecule has 0 spiro atoms. The average molecular weight is 324 g/mol. The molecule has 0 saturated heterocycles. The highest BCUT2D eigenvalue weighted by Crippen LogP contribution is 2.07. The van der Waals surface area contributed by atoms with Gasteiger partial charge in [0, 0.05) is 0 Å². The highest BCUT2D eigenvalue weighted by atomic mass is 16.6. The lowest BCUT2D eigenvalue weighted by Gasteiger charge is -2.25. The molecule has 0 aliphatic heterocycles. The van der Waals surface area contributed by atoms with Crippen LogP contribution in [0.5, 0.6) is 0 Å². The number of alkyl carbamates (subject to hydrolysis) is 1. The van der Waals surface area contributed by atoms with E-state index in [1.54, 1.807) is 27.7 Å². The first-order valence-corrected chi connectivity index (χ1v) is 7.32. The standard InChI is InChI=1S/C16H24N2O5/c1-11(18-22-10-12-8-6-5-7-9-12)13(14(19)20)17-15(21)23-16(2,3)4/h5-9,11,13,18H,10H2,1-4H3,(H,17,21)(H,19,20). The van der Waals surface area contributed by atoms with E-state index in [1.165, 1.54) is 0 Å². The zero-order valence-electron chi connectivity index (χ0n) is 13.8. The molecule has 1 amide bonds. The van der Waals surface area contributed by atoms with E-state index in [2.05, 4.69) is 10.8 Å². The summed E-state index contributed by atoms with van der Waals surface area (Å²) >= 11 is 0. The Balaban J connectivity index is 2.49. The van der Waals surface area contributed by atoms with Gasteiger partial charge >= 0.3 is 12.1 Å². The minimum absolute atomic E-state index is 0.282. The molecule has 7 nitrogen and oxygen atoms in total. The molecule has 1 aromatic rings. The van der Waals surface area contributed by atoms with E-state index in [9.17, 15) is 14.7 Å². The fourth-order valence-electron chi connectivity index (χ4n) is 1.73. The highest BCUT2D eigenvalue weighted by molar-refractivity contribution is 5.80. The largest absolute Gasteiger partial charge is 0.480 e. The molecule has 128 valence electrons. The van der Waals surface area contributed by atoms with Crippen LogP contribution >= 0.6 is 0 Å². The Morgan fingerprint density at radius 3 is 2.35 bits per heavy atom. The molecule has 2 unspecified atom stereocenters. The van der Waals surface area contributed by atoms with Crippen LogP contribution in [-0.4, -0.2) is 34.9 Å². The van der Waals surface area contributed by atoms with Crippen LogP contribution in [0.3, 0.4) is 0 Å². The van der Waals surface area contributed by atoms with Gasteiger partial charge in [-0.15, -0.1) is 0 Å². The van der Waals surface area contributed by atoms with Gasteiger partial charge in [0.05, 0.1) is 12.6 Å². The van der Waals surface area contributed by atoms with Gasteiger partial charge < -0.3 is 15.2 Å². The van der Waals surface area contributed by atoms with Crippen LogP contribution in [-0.2, 0) is 21.0 Å². The third-order valence-corrected chi connectivity index (χ3v) is 2.79. The minimum Gasteiger partial charge on any atom is -0.480 e. The zero-order chi connectivity index (χ0) is 17.5. The van der Waals surface area contributed by atoms with Crippen LogP contribution in [0.15, 0.2) is 30.3 Å². The summed E-state index contributed by atoms with van der Waals surface area (Å²) in [7, 11) is 0. The number of benzene rings is 1. The highest BCUT2D eigenvalue weighted by Gasteiger charge is 2.29. The van der Waals surface area contributed by atoms with E-state index >= 15 is 0 Å². The molecular formula is C16H24N2O5. The lowest BCUT2D eigenvalue weighted by Crippen LogP contribution is -2.53. The second kappa shape index (κ2) is 8.50. The van der Waals surface area contributed by atoms with Crippen molar-refractivity contribution in [3.05, 3.63) is 35.9 Å². The predicted molar refractivity (Wildman–Crippen MR) is 84.6 cm³/mol. The number of carbonyl (C=O) groups is 2. The predicted octanol–water partition coefficient (Wildman–Crippen LogP) is 2.07. The van der Waals surface area contributed by atoms with Gasteiger partial charge in [0.25, 0.3) is 0 Å². The van der Waals surface area contributed by atoms with Gasteiger partial charge in [-0.25, -0.2) is 9.59 Å². The molecule has 1 rings (SSSR count). The van der Waals surface area contributed by atoms with Crippen molar-refractivity contribution < 1.29 is 24.3 Å². The Morgan fingerprint density at radius 2 is 1.83 bits per heavy atom. The number of aliphatic carboxylic acids is 1. The molecule has 23 heavy (non-hydrogen) atoms. The molecule has 0 radical (unpaired) electrons. The van der Waals surface area contributed by atoms with Gasteiger partial charge in [0.1, 0.15) is 11.6 Å². The minimum atomic E-state index is -1.18. The number of nitrogens with one attached hydrogen (secondary N) is 2.